The maximum atomic E-state index is 12.0. The van der Waals surface area contributed by atoms with Gasteiger partial charge in [-0.3, -0.25) is 14.4 Å². The average molecular weight is 223 g/mol. The lowest BCUT2D eigenvalue weighted by Gasteiger charge is -2.25. The molecule has 0 aliphatic carbocycles. The minimum atomic E-state index is 0.146. The van der Waals surface area contributed by atoms with Crippen molar-refractivity contribution in [1.82, 2.24) is 14.7 Å². The summed E-state index contributed by atoms with van der Waals surface area (Å²) in [5.41, 5.74) is 1.54. The highest BCUT2D eigenvalue weighted by Gasteiger charge is 2.18. The van der Waals surface area contributed by atoms with Gasteiger partial charge in [-0.15, -0.1) is 0 Å². The highest BCUT2D eigenvalue weighted by Crippen LogP contribution is 2.07. The smallest absolute Gasteiger partial charge is 0.180 e. The Balaban J connectivity index is 1.99. The summed E-state index contributed by atoms with van der Waals surface area (Å²) >= 11 is 0. The second-order valence-corrected chi connectivity index (χ2v) is 4.11. The van der Waals surface area contributed by atoms with Crippen molar-refractivity contribution in [2.75, 3.05) is 32.8 Å². The van der Waals surface area contributed by atoms with Crippen LogP contribution in [-0.4, -0.2) is 53.3 Å². The largest absolute Gasteiger partial charge is 0.379 e. The van der Waals surface area contributed by atoms with Crippen LogP contribution in [0.25, 0.3) is 0 Å². The lowest BCUT2D eigenvalue weighted by molar-refractivity contribution is 0.0371. The fourth-order valence-corrected chi connectivity index (χ4v) is 1.92. The highest BCUT2D eigenvalue weighted by molar-refractivity contribution is 5.98. The third-order valence-electron chi connectivity index (χ3n) is 2.78. The SMILES string of the molecule is Cc1nn(C)cc1C(=O)CN1CCOCC1. The minimum absolute atomic E-state index is 0.146. The molecular weight excluding hydrogens is 206 g/mol. The molecule has 2 heterocycles. The average Bonchev–Trinajstić information content (AvgIpc) is 2.59. The predicted molar refractivity (Wildman–Crippen MR) is 59.5 cm³/mol. The van der Waals surface area contributed by atoms with Gasteiger partial charge in [0, 0.05) is 26.3 Å². The van der Waals surface area contributed by atoms with Gasteiger partial charge in [-0.2, -0.15) is 5.10 Å². The Morgan fingerprint density at radius 2 is 2.19 bits per heavy atom. The van der Waals surface area contributed by atoms with E-state index in [2.05, 4.69) is 10.00 Å². The first-order chi connectivity index (χ1) is 7.66. The van der Waals surface area contributed by atoms with E-state index in [1.54, 1.807) is 10.9 Å². The number of rotatable bonds is 3. The molecule has 5 heteroatoms. The number of aromatic nitrogens is 2. The molecule has 1 fully saturated rings. The summed E-state index contributed by atoms with van der Waals surface area (Å²) in [6.45, 7) is 5.46. The predicted octanol–water partition coefficient (Wildman–Crippen LogP) is 0.243. The molecule has 1 saturated heterocycles. The van der Waals surface area contributed by atoms with Crippen molar-refractivity contribution in [3.63, 3.8) is 0 Å². The molecule has 0 N–H and O–H groups in total. The van der Waals surface area contributed by atoms with E-state index in [0.29, 0.717) is 6.54 Å². The second kappa shape index (κ2) is 4.76. The van der Waals surface area contributed by atoms with Gasteiger partial charge in [0.2, 0.25) is 0 Å². The number of hydrogen-bond donors (Lipinski definition) is 0. The van der Waals surface area contributed by atoms with Crippen LogP contribution in [0.1, 0.15) is 16.1 Å². The van der Waals surface area contributed by atoms with Gasteiger partial charge in [-0.25, -0.2) is 0 Å². The van der Waals surface area contributed by atoms with Crippen LogP contribution in [0.4, 0.5) is 0 Å². The van der Waals surface area contributed by atoms with Crippen molar-refractivity contribution >= 4 is 5.78 Å². The molecule has 0 bridgehead atoms. The van der Waals surface area contributed by atoms with E-state index in [1.807, 2.05) is 14.0 Å². The number of Topliss-reactive ketones (excluding diaryl/α,β-unsaturated/α-hetero) is 1. The molecule has 1 aliphatic rings. The number of morpholine rings is 1. The topological polar surface area (TPSA) is 47.4 Å². The summed E-state index contributed by atoms with van der Waals surface area (Å²) in [6.07, 6.45) is 1.79. The van der Waals surface area contributed by atoms with E-state index in [0.717, 1.165) is 37.6 Å². The summed E-state index contributed by atoms with van der Waals surface area (Å²) in [5, 5.41) is 4.18. The van der Waals surface area contributed by atoms with Crippen LogP contribution in [-0.2, 0) is 11.8 Å². The fourth-order valence-electron chi connectivity index (χ4n) is 1.92. The van der Waals surface area contributed by atoms with Gasteiger partial charge in [0.15, 0.2) is 5.78 Å². The maximum Gasteiger partial charge on any atom is 0.180 e. The molecule has 0 spiro atoms. The number of ketones is 1. The van der Waals surface area contributed by atoms with E-state index in [-0.39, 0.29) is 5.78 Å². The molecule has 0 radical (unpaired) electrons. The maximum absolute atomic E-state index is 12.0. The van der Waals surface area contributed by atoms with Crippen molar-refractivity contribution in [2.45, 2.75) is 6.92 Å². The van der Waals surface area contributed by atoms with Crippen LogP contribution in [0.3, 0.4) is 0 Å². The van der Waals surface area contributed by atoms with Crippen LogP contribution >= 0.6 is 0 Å². The van der Waals surface area contributed by atoms with Crippen molar-refractivity contribution in [2.24, 2.45) is 7.05 Å². The highest BCUT2D eigenvalue weighted by atomic mass is 16.5. The van der Waals surface area contributed by atoms with Gasteiger partial charge >= 0.3 is 0 Å². The number of carbonyl (C=O) groups is 1. The molecular formula is C11H17N3O2. The van der Waals surface area contributed by atoms with Gasteiger partial charge in [-0.1, -0.05) is 0 Å². The number of hydrogen-bond acceptors (Lipinski definition) is 4. The lowest BCUT2D eigenvalue weighted by atomic mass is 10.1. The monoisotopic (exact) mass is 223 g/mol. The lowest BCUT2D eigenvalue weighted by Crippen LogP contribution is -2.39. The van der Waals surface area contributed by atoms with Gasteiger partial charge in [0.25, 0.3) is 0 Å². The first-order valence-corrected chi connectivity index (χ1v) is 5.50. The zero-order valence-electron chi connectivity index (χ0n) is 9.77. The van der Waals surface area contributed by atoms with Crippen molar-refractivity contribution in [1.29, 1.82) is 0 Å². The molecule has 0 unspecified atom stereocenters. The Bertz CT molecular complexity index is 381. The molecule has 1 aliphatic heterocycles. The zero-order chi connectivity index (χ0) is 11.5. The van der Waals surface area contributed by atoms with Gasteiger partial charge < -0.3 is 4.74 Å². The zero-order valence-corrected chi connectivity index (χ0v) is 9.77. The Hall–Kier alpha value is -1.20. The normalized spacial score (nSPS) is 17.6. The molecule has 2 rings (SSSR count). The Morgan fingerprint density at radius 3 is 2.75 bits per heavy atom. The third kappa shape index (κ3) is 2.48. The van der Waals surface area contributed by atoms with E-state index in [9.17, 15) is 4.79 Å². The van der Waals surface area contributed by atoms with Crippen molar-refractivity contribution < 1.29 is 9.53 Å². The van der Waals surface area contributed by atoms with E-state index < -0.39 is 0 Å². The fraction of sp³-hybridized carbons (Fsp3) is 0.636. The number of carbonyl (C=O) groups excluding carboxylic acids is 1. The molecule has 0 saturated carbocycles. The van der Waals surface area contributed by atoms with E-state index in [1.165, 1.54) is 0 Å². The van der Waals surface area contributed by atoms with Crippen LogP contribution in [0.5, 0.6) is 0 Å². The molecule has 0 amide bonds. The molecule has 5 nitrogen and oxygen atoms in total. The number of aryl methyl sites for hydroxylation is 2. The summed E-state index contributed by atoms with van der Waals surface area (Å²) in [5.74, 6) is 0.146. The summed E-state index contributed by atoms with van der Waals surface area (Å²) in [7, 11) is 1.83. The number of nitrogens with zero attached hydrogens (tertiary/aromatic N) is 3. The second-order valence-electron chi connectivity index (χ2n) is 4.11. The van der Waals surface area contributed by atoms with Crippen LogP contribution in [0.15, 0.2) is 6.20 Å². The molecule has 0 aromatic carbocycles. The molecule has 1 aromatic rings. The summed E-state index contributed by atoms with van der Waals surface area (Å²) in [4.78, 5) is 14.1. The first kappa shape index (κ1) is 11.3. The van der Waals surface area contributed by atoms with E-state index >= 15 is 0 Å². The standard InChI is InChI=1S/C11H17N3O2/c1-9-10(7-13(2)12-9)11(15)8-14-3-5-16-6-4-14/h7H,3-6,8H2,1-2H3. The van der Waals surface area contributed by atoms with Gasteiger partial charge in [0.05, 0.1) is 31.0 Å². The number of ether oxygens (including phenoxy) is 1. The van der Waals surface area contributed by atoms with Gasteiger partial charge in [0.1, 0.15) is 0 Å². The van der Waals surface area contributed by atoms with E-state index in [4.69, 9.17) is 4.74 Å². The molecule has 88 valence electrons. The molecule has 1 aromatic heterocycles. The van der Waals surface area contributed by atoms with Crippen molar-refractivity contribution in [3.05, 3.63) is 17.5 Å². The van der Waals surface area contributed by atoms with Crippen LogP contribution < -0.4 is 0 Å². The quantitative estimate of drug-likeness (QED) is 0.689. The summed E-state index contributed by atoms with van der Waals surface area (Å²) in [6, 6.07) is 0. The van der Waals surface area contributed by atoms with Crippen molar-refractivity contribution in [3.8, 4) is 0 Å². The summed E-state index contributed by atoms with van der Waals surface area (Å²) < 4.78 is 6.93. The Kier molecular flexibility index (Phi) is 3.36. The third-order valence-corrected chi connectivity index (χ3v) is 2.78. The minimum Gasteiger partial charge on any atom is -0.379 e. The molecule has 0 atom stereocenters. The van der Waals surface area contributed by atoms with Crippen LogP contribution in [0.2, 0.25) is 0 Å². The molecule has 16 heavy (non-hydrogen) atoms. The first-order valence-electron chi connectivity index (χ1n) is 5.50. The van der Waals surface area contributed by atoms with Gasteiger partial charge in [-0.05, 0) is 6.92 Å². The Morgan fingerprint density at radius 1 is 1.50 bits per heavy atom. The Labute approximate surface area is 95.0 Å². The van der Waals surface area contributed by atoms with Crippen LogP contribution in [0, 0.1) is 6.92 Å².